The van der Waals surface area contributed by atoms with Crippen LogP contribution in [0.2, 0.25) is 0 Å². The molecular formula is C12H20N2O2S2. The van der Waals surface area contributed by atoms with Crippen LogP contribution in [0.3, 0.4) is 0 Å². The van der Waals surface area contributed by atoms with Gasteiger partial charge in [0.2, 0.25) is 10.0 Å². The first-order valence-electron chi connectivity index (χ1n) is 6.24. The van der Waals surface area contributed by atoms with Gasteiger partial charge in [-0.2, -0.15) is 4.31 Å². The zero-order chi connectivity index (χ0) is 13.3. The molecule has 1 aliphatic rings. The van der Waals surface area contributed by atoms with E-state index in [1.165, 1.54) is 11.3 Å². The first kappa shape index (κ1) is 14.0. The molecule has 0 unspecified atom stereocenters. The number of aryl methyl sites for hydroxylation is 1. The maximum Gasteiger partial charge on any atom is 0.244 e. The average Bonchev–Trinajstić information content (AvgIpc) is 2.71. The number of sulfonamides is 1. The molecule has 1 saturated heterocycles. The maximum atomic E-state index is 12.6. The first-order chi connectivity index (χ1) is 8.46. The fourth-order valence-electron chi connectivity index (χ4n) is 2.33. The van der Waals surface area contributed by atoms with Crippen LogP contribution in [0.25, 0.3) is 0 Å². The number of thiophene rings is 1. The van der Waals surface area contributed by atoms with E-state index >= 15 is 0 Å². The summed E-state index contributed by atoms with van der Waals surface area (Å²) >= 11 is 1.44. The van der Waals surface area contributed by atoms with Crippen LogP contribution in [0.1, 0.15) is 30.2 Å². The monoisotopic (exact) mass is 288 g/mol. The van der Waals surface area contributed by atoms with Crippen molar-refractivity contribution >= 4 is 21.4 Å². The normalized spacial score (nSPS) is 19.3. The highest BCUT2D eigenvalue weighted by molar-refractivity contribution is 7.89. The summed E-state index contributed by atoms with van der Waals surface area (Å²) in [7, 11) is -3.35. The molecule has 4 nitrogen and oxygen atoms in total. The van der Waals surface area contributed by atoms with E-state index in [0.29, 0.717) is 23.9 Å². The summed E-state index contributed by atoms with van der Waals surface area (Å²) in [5.74, 6) is 0.619. The van der Waals surface area contributed by atoms with Gasteiger partial charge in [-0.3, -0.25) is 0 Å². The van der Waals surface area contributed by atoms with E-state index < -0.39 is 10.0 Å². The lowest BCUT2D eigenvalue weighted by atomic mass is 10.0. The number of hydrogen-bond acceptors (Lipinski definition) is 4. The van der Waals surface area contributed by atoms with Crippen molar-refractivity contribution in [2.45, 2.75) is 38.1 Å². The topological polar surface area (TPSA) is 63.4 Å². The highest BCUT2D eigenvalue weighted by Gasteiger charge is 2.31. The fourth-order valence-corrected chi connectivity index (χ4v) is 5.45. The van der Waals surface area contributed by atoms with Gasteiger partial charge >= 0.3 is 0 Å². The number of nitrogens with zero attached hydrogens (tertiary/aromatic N) is 1. The molecule has 0 aromatic carbocycles. The van der Waals surface area contributed by atoms with Gasteiger partial charge in [-0.1, -0.05) is 6.92 Å². The Bertz CT molecular complexity index is 514. The van der Waals surface area contributed by atoms with Crippen LogP contribution in [0.4, 0.5) is 0 Å². The van der Waals surface area contributed by atoms with Crippen LogP contribution in [0.15, 0.2) is 10.3 Å². The Hall–Kier alpha value is -0.430. The summed E-state index contributed by atoms with van der Waals surface area (Å²) in [5, 5.41) is 1.88. The summed E-state index contributed by atoms with van der Waals surface area (Å²) in [6.45, 7) is 5.56. The fraction of sp³-hybridized carbons (Fsp3) is 0.667. The molecule has 0 amide bonds. The molecule has 0 bridgehead atoms. The predicted molar refractivity (Wildman–Crippen MR) is 74.1 cm³/mol. The Morgan fingerprint density at radius 1 is 1.44 bits per heavy atom. The van der Waals surface area contributed by atoms with E-state index in [1.54, 1.807) is 4.31 Å². The molecule has 1 aromatic rings. The summed E-state index contributed by atoms with van der Waals surface area (Å²) in [4.78, 5) is 1.22. The molecule has 2 heterocycles. The standard InChI is InChI=1S/C12H20N2O2S2/c1-9-3-5-14(6-4-9)18(15,16)12-10(2)8-17-11(12)7-13/h8-9H,3-7,13H2,1-2H3. The molecule has 0 aliphatic carbocycles. The molecule has 18 heavy (non-hydrogen) atoms. The van der Waals surface area contributed by atoms with Gasteiger partial charge in [-0.15, -0.1) is 11.3 Å². The van der Waals surface area contributed by atoms with Gasteiger partial charge in [-0.25, -0.2) is 8.42 Å². The lowest BCUT2D eigenvalue weighted by Gasteiger charge is -2.29. The molecule has 2 N–H and O–H groups in total. The molecular weight excluding hydrogens is 268 g/mol. The van der Waals surface area contributed by atoms with Crippen molar-refractivity contribution in [2.24, 2.45) is 11.7 Å². The molecule has 0 radical (unpaired) electrons. The van der Waals surface area contributed by atoms with Crippen LogP contribution < -0.4 is 5.73 Å². The molecule has 0 saturated carbocycles. The van der Waals surface area contributed by atoms with E-state index in [4.69, 9.17) is 5.73 Å². The van der Waals surface area contributed by atoms with Crippen LogP contribution in [0.5, 0.6) is 0 Å². The summed E-state index contributed by atoms with van der Waals surface area (Å²) in [5.41, 5.74) is 6.46. The lowest BCUT2D eigenvalue weighted by molar-refractivity contribution is 0.288. The minimum atomic E-state index is -3.35. The molecule has 0 atom stereocenters. The van der Waals surface area contributed by atoms with Gasteiger partial charge in [0.25, 0.3) is 0 Å². The van der Waals surface area contributed by atoms with Gasteiger partial charge < -0.3 is 5.73 Å². The zero-order valence-electron chi connectivity index (χ0n) is 10.8. The minimum absolute atomic E-state index is 0.289. The Balaban J connectivity index is 2.33. The van der Waals surface area contributed by atoms with E-state index in [0.717, 1.165) is 23.3 Å². The van der Waals surface area contributed by atoms with Crippen molar-refractivity contribution in [1.82, 2.24) is 4.31 Å². The van der Waals surface area contributed by atoms with Crippen molar-refractivity contribution in [3.05, 3.63) is 15.8 Å². The van der Waals surface area contributed by atoms with Crippen molar-refractivity contribution in [3.8, 4) is 0 Å². The molecule has 1 aliphatic heterocycles. The van der Waals surface area contributed by atoms with Crippen LogP contribution in [-0.2, 0) is 16.6 Å². The van der Waals surface area contributed by atoms with Crippen molar-refractivity contribution in [3.63, 3.8) is 0 Å². The van der Waals surface area contributed by atoms with Crippen LogP contribution in [-0.4, -0.2) is 25.8 Å². The van der Waals surface area contributed by atoms with Gasteiger partial charge in [0.05, 0.1) is 0 Å². The van der Waals surface area contributed by atoms with Crippen molar-refractivity contribution in [2.75, 3.05) is 13.1 Å². The third-order valence-corrected chi connectivity index (χ3v) is 6.90. The smallest absolute Gasteiger partial charge is 0.244 e. The maximum absolute atomic E-state index is 12.6. The first-order valence-corrected chi connectivity index (χ1v) is 8.56. The van der Waals surface area contributed by atoms with Gasteiger partial charge in [0, 0.05) is 24.5 Å². The number of piperidine rings is 1. The predicted octanol–water partition coefficient (Wildman–Crippen LogP) is 1.94. The summed E-state index contributed by atoms with van der Waals surface area (Å²) in [6, 6.07) is 0. The van der Waals surface area contributed by atoms with Gasteiger partial charge in [0.15, 0.2) is 0 Å². The second-order valence-electron chi connectivity index (χ2n) is 4.96. The summed E-state index contributed by atoms with van der Waals surface area (Å²) < 4.78 is 26.9. The molecule has 6 heteroatoms. The van der Waals surface area contributed by atoms with E-state index in [1.807, 2.05) is 12.3 Å². The van der Waals surface area contributed by atoms with Crippen LogP contribution in [0, 0.1) is 12.8 Å². The highest BCUT2D eigenvalue weighted by atomic mass is 32.2. The SMILES string of the molecule is Cc1csc(CN)c1S(=O)(=O)N1CCC(C)CC1. The molecule has 2 rings (SSSR count). The van der Waals surface area contributed by atoms with E-state index in [2.05, 4.69) is 6.92 Å². The Morgan fingerprint density at radius 2 is 2.06 bits per heavy atom. The molecule has 102 valence electrons. The third kappa shape index (κ3) is 2.47. The van der Waals surface area contributed by atoms with E-state index in [9.17, 15) is 8.42 Å². The lowest BCUT2D eigenvalue weighted by Crippen LogP contribution is -2.38. The van der Waals surface area contributed by atoms with Gasteiger partial charge in [-0.05, 0) is 36.6 Å². The minimum Gasteiger partial charge on any atom is -0.326 e. The molecule has 1 fully saturated rings. The largest absolute Gasteiger partial charge is 0.326 e. The van der Waals surface area contributed by atoms with Crippen LogP contribution >= 0.6 is 11.3 Å². The third-order valence-electron chi connectivity index (χ3n) is 3.52. The molecule has 0 spiro atoms. The van der Waals surface area contributed by atoms with Crippen molar-refractivity contribution in [1.29, 1.82) is 0 Å². The number of rotatable bonds is 3. The second kappa shape index (κ2) is 5.28. The summed E-state index contributed by atoms with van der Waals surface area (Å²) in [6.07, 6.45) is 1.89. The second-order valence-corrected chi connectivity index (χ2v) is 7.80. The Labute approximate surface area is 113 Å². The highest BCUT2D eigenvalue weighted by Crippen LogP contribution is 2.31. The zero-order valence-corrected chi connectivity index (χ0v) is 12.5. The molecule has 1 aromatic heterocycles. The van der Waals surface area contributed by atoms with Crippen molar-refractivity contribution < 1.29 is 8.42 Å². The quantitative estimate of drug-likeness (QED) is 0.924. The Morgan fingerprint density at radius 3 is 2.61 bits per heavy atom. The van der Waals surface area contributed by atoms with Gasteiger partial charge in [0.1, 0.15) is 4.90 Å². The number of hydrogen-bond donors (Lipinski definition) is 1. The van der Waals surface area contributed by atoms with E-state index in [-0.39, 0.29) is 6.54 Å². The number of nitrogens with two attached hydrogens (primary N) is 1. The average molecular weight is 288 g/mol. The Kier molecular flexibility index (Phi) is 4.11.